The molecule has 1 amide bonds. The molecule has 2 heterocycles. The van der Waals surface area contributed by atoms with E-state index in [0.717, 1.165) is 22.2 Å². The number of amides is 1. The van der Waals surface area contributed by atoms with Gasteiger partial charge in [0.15, 0.2) is 0 Å². The van der Waals surface area contributed by atoms with Gasteiger partial charge in [-0.05, 0) is 44.4 Å². The Morgan fingerprint density at radius 2 is 1.87 bits per heavy atom. The normalized spacial score (nSPS) is 15.6. The van der Waals surface area contributed by atoms with Gasteiger partial charge in [0.05, 0.1) is 30.5 Å². The second kappa shape index (κ2) is 10.2. The standard InChI is InChI=1S/C24H28N2O5/c1-4-16(24(29)31-6-3)11-12-20-23-18(13-17-9-7-8-10-19(17)25-23)15-26(20)21(27)14-22(28)30-5-2/h7-11,13,20H,4-6,12,14-15H2,1-3H3/b16-11+. The molecule has 7 heteroatoms. The van der Waals surface area contributed by atoms with Crippen LogP contribution in [0.4, 0.5) is 0 Å². The van der Waals surface area contributed by atoms with E-state index in [4.69, 9.17) is 14.5 Å². The first-order chi connectivity index (χ1) is 15.0. The van der Waals surface area contributed by atoms with Crippen LogP contribution in [0.25, 0.3) is 10.9 Å². The molecular weight excluding hydrogens is 396 g/mol. The maximum atomic E-state index is 12.9. The molecule has 0 fully saturated rings. The number of nitrogens with zero attached hydrogens (tertiary/aromatic N) is 2. The van der Waals surface area contributed by atoms with Gasteiger partial charge in [-0.2, -0.15) is 0 Å². The van der Waals surface area contributed by atoms with Gasteiger partial charge in [-0.3, -0.25) is 14.6 Å². The van der Waals surface area contributed by atoms with Crippen molar-refractivity contribution in [1.82, 2.24) is 9.88 Å². The van der Waals surface area contributed by atoms with Crippen LogP contribution in [0.1, 0.15) is 57.3 Å². The summed E-state index contributed by atoms with van der Waals surface area (Å²) in [5.74, 6) is -1.20. The van der Waals surface area contributed by atoms with Crippen molar-refractivity contribution in [2.45, 2.75) is 52.6 Å². The van der Waals surface area contributed by atoms with Crippen molar-refractivity contribution in [2.75, 3.05) is 13.2 Å². The molecule has 1 unspecified atom stereocenters. The van der Waals surface area contributed by atoms with Gasteiger partial charge >= 0.3 is 11.9 Å². The first kappa shape index (κ1) is 22.5. The zero-order chi connectivity index (χ0) is 22.4. The average Bonchev–Trinajstić information content (AvgIpc) is 3.10. The number of para-hydroxylation sites is 1. The van der Waals surface area contributed by atoms with Crippen molar-refractivity contribution < 1.29 is 23.9 Å². The molecule has 0 spiro atoms. The van der Waals surface area contributed by atoms with Crippen LogP contribution < -0.4 is 0 Å². The van der Waals surface area contributed by atoms with Crippen molar-refractivity contribution in [1.29, 1.82) is 0 Å². The third-order valence-corrected chi connectivity index (χ3v) is 5.30. The van der Waals surface area contributed by atoms with Crippen LogP contribution in [0.3, 0.4) is 0 Å². The Balaban J connectivity index is 1.94. The predicted molar refractivity (Wildman–Crippen MR) is 116 cm³/mol. The van der Waals surface area contributed by atoms with E-state index in [-0.39, 0.29) is 30.9 Å². The van der Waals surface area contributed by atoms with E-state index in [1.54, 1.807) is 18.7 Å². The van der Waals surface area contributed by atoms with Gasteiger partial charge in [0, 0.05) is 17.5 Å². The molecular formula is C24H28N2O5. The van der Waals surface area contributed by atoms with E-state index in [2.05, 4.69) is 0 Å². The molecule has 0 N–H and O–H groups in total. The fourth-order valence-corrected chi connectivity index (χ4v) is 3.82. The lowest BCUT2D eigenvalue weighted by Gasteiger charge is -2.24. The Labute approximate surface area is 182 Å². The van der Waals surface area contributed by atoms with Crippen molar-refractivity contribution in [3.05, 3.63) is 53.2 Å². The molecule has 1 aromatic carbocycles. The third-order valence-electron chi connectivity index (χ3n) is 5.30. The lowest BCUT2D eigenvalue weighted by molar-refractivity contribution is -0.149. The molecule has 7 nitrogen and oxygen atoms in total. The molecule has 1 aromatic heterocycles. The summed E-state index contributed by atoms with van der Waals surface area (Å²) in [6.45, 7) is 6.26. The van der Waals surface area contributed by atoms with Crippen molar-refractivity contribution in [2.24, 2.45) is 0 Å². The SMILES string of the molecule is CCOC(=O)CC(=O)N1Cc2cc3ccccc3nc2C1C/C=C(\CC)C(=O)OCC. The minimum absolute atomic E-state index is 0.227. The van der Waals surface area contributed by atoms with Crippen LogP contribution in [-0.4, -0.2) is 40.9 Å². The molecule has 3 rings (SSSR count). The van der Waals surface area contributed by atoms with Crippen molar-refractivity contribution in [3.8, 4) is 0 Å². The number of aromatic nitrogens is 1. The molecule has 1 atom stereocenters. The van der Waals surface area contributed by atoms with Gasteiger partial charge in [0.25, 0.3) is 0 Å². The second-order valence-corrected chi connectivity index (χ2v) is 7.28. The highest BCUT2D eigenvalue weighted by Crippen LogP contribution is 2.37. The van der Waals surface area contributed by atoms with Gasteiger partial charge in [-0.15, -0.1) is 0 Å². The molecule has 0 bridgehead atoms. The summed E-state index contributed by atoms with van der Waals surface area (Å²) in [6.07, 6.45) is 2.44. The van der Waals surface area contributed by atoms with Crippen LogP contribution in [0.15, 0.2) is 42.0 Å². The quantitative estimate of drug-likeness (QED) is 0.363. The van der Waals surface area contributed by atoms with Gasteiger partial charge < -0.3 is 14.4 Å². The number of ether oxygens (including phenoxy) is 2. The van der Waals surface area contributed by atoms with Crippen LogP contribution in [0.2, 0.25) is 0 Å². The van der Waals surface area contributed by atoms with Crippen LogP contribution >= 0.6 is 0 Å². The average molecular weight is 424 g/mol. The molecule has 0 saturated heterocycles. The molecule has 31 heavy (non-hydrogen) atoms. The maximum absolute atomic E-state index is 12.9. The summed E-state index contributed by atoms with van der Waals surface area (Å²) in [5, 5.41) is 0.996. The Morgan fingerprint density at radius 1 is 1.13 bits per heavy atom. The lowest BCUT2D eigenvalue weighted by atomic mass is 10.0. The highest BCUT2D eigenvalue weighted by Gasteiger charge is 2.35. The Morgan fingerprint density at radius 3 is 2.58 bits per heavy atom. The predicted octanol–water partition coefficient (Wildman–Crippen LogP) is 3.86. The van der Waals surface area contributed by atoms with E-state index < -0.39 is 5.97 Å². The van der Waals surface area contributed by atoms with Crippen LogP contribution in [0, 0.1) is 0 Å². The molecule has 164 valence electrons. The van der Waals surface area contributed by atoms with E-state index in [1.165, 1.54) is 0 Å². The first-order valence-electron chi connectivity index (χ1n) is 10.7. The molecule has 1 aliphatic rings. The number of hydrogen-bond acceptors (Lipinski definition) is 6. The van der Waals surface area contributed by atoms with Crippen molar-refractivity contribution >= 4 is 28.7 Å². The number of hydrogen-bond donors (Lipinski definition) is 0. The smallest absolute Gasteiger partial charge is 0.333 e. The number of rotatable bonds is 8. The highest BCUT2D eigenvalue weighted by atomic mass is 16.5. The molecule has 0 saturated carbocycles. The highest BCUT2D eigenvalue weighted by molar-refractivity contribution is 5.95. The van der Waals surface area contributed by atoms with E-state index in [1.807, 2.05) is 43.3 Å². The molecule has 0 radical (unpaired) electrons. The third kappa shape index (κ3) is 5.10. The molecule has 2 aromatic rings. The first-order valence-corrected chi connectivity index (χ1v) is 10.7. The summed E-state index contributed by atoms with van der Waals surface area (Å²) in [7, 11) is 0. The Hall–Kier alpha value is -3.22. The summed E-state index contributed by atoms with van der Waals surface area (Å²) in [5.41, 5.74) is 3.15. The monoisotopic (exact) mass is 424 g/mol. The minimum atomic E-state index is -0.545. The van der Waals surface area contributed by atoms with Gasteiger partial charge in [-0.1, -0.05) is 31.2 Å². The van der Waals surface area contributed by atoms with Gasteiger partial charge in [0.2, 0.25) is 5.91 Å². The van der Waals surface area contributed by atoms with Gasteiger partial charge in [0.1, 0.15) is 6.42 Å². The van der Waals surface area contributed by atoms with E-state index in [0.29, 0.717) is 31.6 Å². The molecule has 1 aliphatic heterocycles. The topological polar surface area (TPSA) is 85.8 Å². The summed E-state index contributed by atoms with van der Waals surface area (Å²) in [6, 6.07) is 9.46. The van der Waals surface area contributed by atoms with Crippen LogP contribution in [0.5, 0.6) is 0 Å². The Kier molecular flexibility index (Phi) is 7.39. The minimum Gasteiger partial charge on any atom is -0.466 e. The molecule has 0 aliphatic carbocycles. The Bertz CT molecular complexity index is 1010. The fourth-order valence-electron chi connectivity index (χ4n) is 3.82. The summed E-state index contributed by atoms with van der Waals surface area (Å²) >= 11 is 0. The number of pyridine rings is 1. The number of fused-ring (bicyclic) bond motifs is 2. The van der Waals surface area contributed by atoms with E-state index in [9.17, 15) is 14.4 Å². The van der Waals surface area contributed by atoms with E-state index >= 15 is 0 Å². The lowest BCUT2D eigenvalue weighted by Crippen LogP contribution is -2.31. The number of benzene rings is 1. The van der Waals surface area contributed by atoms with Gasteiger partial charge in [-0.25, -0.2) is 4.79 Å². The summed E-state index contributed by atoms with van der Waals surface area (Å²) < 4.78 is 10.1. The fraction of sp³-hybridized carbons (Fsp3) is 0.417. The van der Waals surface area contributed by atoms with Crippen LogP contribution in [-0.2, 0) is 30.4 Å². The maximum Gasteiger partial charge on any atom is 0.333 e. The second-order valence-electron chi connectivity index (χ2n) is 7.28. The number of carbonyl (C=O) groups is 3. The summed E-state index contributed by atoms with van der Waals surface area (Å²) in [4.78, 5) is 43.5. The number of carbonyl (C=O) groups excluding carboxylic acids is 3. The number of esters is 2. The van der Waals surface area contributed by atoms with Crippen molar-refractivity contribution in [3.63, 3.8) is 0 Å². The zero-order valence-electron chi connectivity index (χ0n) is 18.2. The largest absolute Gasteiger partial charge is 0.466 e. The zero-order valence-corrected chi connectivity index (χ0v) is 18.2.